The monoisotopic (exact) mass is 463 g/mol. The molecule has 31 heavy (non-hydrogen) atoms. The van der Waals surface area contributed by atoms with Crippen LogP contribution in [0.2, 0.25) is 10.0 Å². The van der Waals surface area contributed by atoms with E-state index in [4.69, 9.17) is 23.2 Å². The van der Waals surface area contributed by atoms with Crippen molar-refractivity contribution in [1.82, 2.24) is 0 Å². The first-order valence-electron chi connectivity index (χ1n) is 10.3. The standard InChI is InChI=1S/C27H20Cl2N.ClH/c28-20-9-5-7-18(15-20)27(19-8-6-10-21(29)16-19)17-25-22-11-1-2-12-23(22)26(27)24-13-3-4-14-30(24)25;/h1-16,25-26H,17H2;1H/q+1;/p-1. The molecule has 3 aromatic carbocycles. The highest BCUT2D eigenvalue weighted by Crippen LogP contribution is 2.59. The Hall–Kier alpha value is -2.32. The van der Waals surface area contributed by atoms with Gasteiger partial charge in [-0.25, -0.2) is 0 Å². The number of rotatable bonds is 2. The van der Waals surface area contributed by atoms with E-state index in [0.29, 0.717) is 0 Å². The van der Waals surface area contributed by atoms with Crippen LogP contribution in [0.1, 0.15) is 46.3 Å². The van der Waals surface area contributed by atoms with Crippen molar-refractivity contribution in [3.05, 3.63) is 135 Å². The molecule has 0 radical (unpaired) electrons. The summed E-state index contributed by atoms with van der Waals surface area (Å²) in [6.07, 6.45) is 3.19. The Labute approximate surface area is 198 Å². The fraction of sp³-hybridized carbons (Fsp3) is 0.148. The molecule has 0 fully saturated rings. The van der Waals surface area contributed by atoms with Crippen molar-refractivity contribution in [2.45, 2.75) is 23.8 Å². The van der Waals surface area contributed by atoms with Gasteiger partial charge in [-0.05, 0) is 41.0 Å². The summed E-state index contributed by atoms with van der Waals surface area (Å²) in [6, 6.07) is 32.5. The highest BCUT2D eigenvalue weighted by Gasteiger charge is 2.59. The molecule has 2 atom stereocenters. The van der Waals surface area contributed by atoms with E-state index >= 15 is 0 Å². The second-order valence-corrected chi connectivity index (χ2v) is 9.18. The molecule has 2 bridgehead atoms. The minimum absolute atomic E-state index is 0. The zero-order chi connectivity index (χ0) is 20.3. The summed E-state index contributed by atoms with van der Waals surface area (Å²) in [7, 11) is 0. The molecule has 3 heterocycles. The van der Waals surface area contributed by atoms with Crippen molar-refractivity contribution >= 4 is 23.2 Å². The summed E-state index contributed by atoms with van der Waals surface area (Å²) in [5.41, 5.74) is 6.42. The quantitative estimate of drug-likeness (QED) is 0.398. The van der Waals surface area contributed by atoms with Crippen molar-refractivity contribution in [1.29, 1.82) is 0 Å². The first-order valence-corrected chi connectivity index (χ1v) is 11.0. The van der Waals surface area contributed by atoms with Gasteiger partial charge in [0, 0.05) is 39.6 Å². The van der Waals surface area contributed by atoms with E-state index in [0.717, 1.165) is 16.5 Å². The first-order chi connectivity index (χ1) is 14.7. The molecular formula is C27H20Cl3N. The molecule has 1 aromatic heterocycles. The lowest BCUT2D eigenvalue weighted by Gasteiger charge is -2.50. The Morgan fingerprint density at radius 1 is 0.710 bits per heavy atom. The smallest absolute Gasteiger partial charge is 0.190 e. The molecule has 0 amide bonds. The van der Waals surface area contributed by atoms with Crippen LogP contribution in [0.4, 0.5) is 0 Å². The fourth-order valence-corrected chi connectivity index (χ4v) is 6.18. The molecule has 1 nitrogen and oxygen atoms in total. The summed E-state index contributed by atoms with van der Waals surface area (Å²) < 4.78 is 2.46. The van der Waals surface area contributed by atoms with Gasteiger partial charge in [0.15, 0.2) is 17.9 Å². The van der Waals surface area contributed by atoms with E-state index in [2.05, 4.69) is 89.6 Å². The van der Waals surface area contributed by atoms with Crippen LogP contribution in [0.15, 0.2) is 97.2 Å². The lowest BCUT2D eigenvalue weighted by atomic mass is 9.53. The Kier molecular flexibility index (Phi) is 5.09. The van der Waals surface area contributed by atoms with Crippen LogP contribution in [0.5, 0.6) is 0 Å². The molecule has 0 N–H and O–H groups in total. The molecule has 3 aliphatic rings. The molecule has 4 heteroatoms. The van der Waals surface area contributed by atoms with Gasteiger partial charge in [-0.15, -0.1) is 0 Å². The normalized spacial score (nSPS) is 19.8. The number of nitrogens with zero attached hydrogens (tertiary/aromatic N) is 1. The van der Waals surface area contributed by atoms with Crippen LogP contribution in [0.25, 0.3) is 0 Å². The predicted molar refractivity (Wildman–Crippen MR) is 121 cm³/mol. The molecule has 0 saturated carbocycles. The average molecular weight is 465 g/mol. The molecule has 4 aromatic rings. The lowest BCUT2D eigenvalue weighted by Crippen LogP contribution is -3.00. The molecule has 2 unspecified atom stereocenters. The summed E-state index contributed by atoms with van der Waals surface area (Å²) >= 11 is 13.0. The van der Waals surface area contributed by atoms with E-state index < -0.39 is 0 Å². The molecule has 1 aliphatic carbocycles. The van der Waals surface area contributed by atoms with Gasteiger partial charge in [-0.2, -0.15) is 4.57 Å². The Bertz CT molecular complexity index is 1190. The van der Waals surface area contributed by atoms with Crippen LogP contribution >= 0.6 is 23.2 Å². The third-order valence-electron chi connectivity index (χ3n) is 6.91. The van der Waals surface area contributed by atoms with Crippen molar-refractivity contribution in [3.8, 4) is 0 Å². The van der Waals surface area contributed by atoms with E-state index in [-0.39, 0.29) is 29.8 Å². The SMILES string of the molecule is Clc1cccc(C2(c3cccc(Cl)c3)CC3c4ccccc4C2c2cccc[n+]23)c1.[Cl-]. The van der Waals surface area contributed by atoms with Gasteiger partial charge in [0.1, 0.15) is 0 Å². The number of pyridine rings is 1. The van der Waals surface area contributed by atoms with E-state index in [9.17, 15) is 0 Å². The maximum atomic E-state index is 6.52. The van der Waals surface area contributed by atoms with Crippen molar-refractivity contribution in [2.24, 2.45) is 0 Å². The maximum Gasteiger partial charge on any atom is 0.190 e. The van der Waals surface area contributed by atoms with Gasteiger partial charge < -0.3 is 12.4 Å². The van der Waals surface area contributed by atoms with Crippen LogP contribution in [0.3, 0.4) is 0 Å². The van der Waals surface area contributed by atoms with E-state index in [1.54, 1.807) is 0 Å². The maximum absolute atomic E-state index is 6.52. The number of aromatic nitrogens is 1. The topological polar surface area (TPSA) is 3.88 Å². The second kappa shape index (κ2) is 7.67. The number of benzene rings is 3. The van der Waals surface area contributed by atoms with Crippen LogP contribution in [-0.2, 0) is 5.41 Å². The number of halogens is 3. The summed E-state index contributed by atoms with van der Waals surface area (Å²) in [5.74, 6) is 0.178. The van der Waals surface area contributed by atoms with Crippen molar-refractivity contribution in [2.75, 3.05) is 0 Å². The van der Waals surface area contributed by atoms with Crippen molar-refractivity contribution < 1.29 is 17.0 Å². The third-order valence-corrected chi connectivity index (χ3v) is 7.38. The Balaban J connectivity index is 0.00000204. The van der Waals surface area contributed by atoms with Gasteiger partial charge in [0.2, 0.25) is 0 Å². The van der Waals surface area contributed by atoms with E-state index in [1.807, 2.05) is 12.1 Å². The lowest BCUT2D eigenvalue weighted by molar-refractivity contribution is -0.732. The molecule has 7 rings (SSSR count). The number of fused-ring (bicyclic) bond motifs is 1. The zero-order valence-electron chi connectivity index (χ0n) is 16.7. The van der Waals surface area contributed by atoms with Crippen molar-refractivity contribution in [3.63, 3.8) is 0 Å². The number of hydrogen-bond acceptors (Lipinski definition) is 0. The highest BCUT2D eigenvalue weighted by atomic mass is 35.5. The highest BCUT2D eigenvalue weighted by molar-refractivity contribution is 6.31. The van der Waals surface area contributed by atoms with Gasteiger partial charge in [0.05, 0.1) is 5.92 Å². The minimum atomic E-state index is -0.240. The van der Waals surface area contributed by atoms with Gasteiger partial charge in [-0.1, -0.05) is 77.8 Å². The molecular weight excluding hydrogens is 445 g/mol. The Morgan fingerprint density at radius 3 is 1.97 bits per heavy atom. The minimum Gasteiger partial charge on any atom is -1.00 e. The van der Waals surface area contributed by atoms with Gasteiger partial charge >= 0.3 is 0 Å². The molecule has 2 aliphatic heterocycles. The molecule has 0 saturated heterocycles. The van der Waals surface area contributed by atoms with Crippen LogP contribution in [0, 0.1) is 0 Å². The van der Waals surface area contributed by atoms with Gasteiger partial charge in [-0.3, -0.25) is 0 Å². The largest absolute Gasteiger partial charge is 1.00 e. The second-order valence-electron chi connectivity index (χ2n) is 8.31. The average Bonchev–Trinajstić information content (AvgIpc) is 2.79. The molecule has 0 spiro atoms. The molecule has 154 valence electrons. The van der Waals surface area contributed by atoms with Crippen LogP contribution < -0.4 is 17.0 Å². The van der Waals surface area contributed by atoms with Gasteiger partial charge in [0.25, 0.3) is 0 Å². The zero-order valence-corrected chi connectivity index (χ0v) is 18.9. The summed E-state index contributed by atoms with van der Waals surface area (Å²) in [5, 5.41) is 1.54. The summed E-state index contributed by atoms with van der Waals surface area (Å²) in [6.45, 7) is 0. The Morgan fingerprint density at radius 2 is 1.32 bits per heavy atom. The van der Waals surface area contributed by atoms with E-state index in [1.165, 1.54) is 27.9 Å². The number of hydrogen-bond donors (Lipinski definition) is 0. The first kappa shape index (κ1) is 20.6. The fourth-order valence-electron chi connectivity index (χ4n) is 5.80. The van der Waals surface area contributed by atoms with Crippen LogP contribution in [-0.4, -0.2) is 0 Å². The summed E-state index contributed by atoms with van der Waals surface area (Å²) in [4.78, 5) is 0. The predicted octanol–water partition coefficient (Wildman–Crippen LogP) is 3.71. The third kappa shape index (κ3) is 2.95.